The van der Waals surface area contributed by atoms with Gasteiger partial charge in [0.25, 0.3) is 0 Å². The van der Waals surface area contributed by atoms with Crippen molar-refractivity contribution in [2.75, 3.05) is 36.2 Å². The third kappa shape index (κ3) is 4.74. The zero-order valence-corrected chi connectivity index (χ0v) is 20.2. The van der Waals surface area contributed by atoms with E-state index in [0.29, 0.717) is 11.4 Å². The SMILES string of the molecule is CN1CCC2(C)c3cc(NC(=O)OC(C)(C)C)cc(NC(=O)OC(C)(C)C)c3N(C)C12. The topological polar surface area (TPSA) is 83.1 Å². The lowest BCUT2D eigenvalue weighted by molar-refractivity contribution is 0.0625. The van der Waals surface area contributed by atoms with E-state index in [-0.39, 0.29) is 11.6 Å². The number of carbonyl (C=O) groups excluding carboxylic acids is 2. The van der Waals surface area contributed by atoms with Crippen LogP contribution < -0.4 is 15.5 Å². The van der Waals surface area contributed by atoms with Gasteiger partial charge in [0.1, 0.15) is 11.2 Å². The quantitative estimate of drug-likeness (QED) is 0.702. The number of ether oxygens (including phenoxy) is 2. The zero-order chi connectivity index (χ0) is 23.4. The average molecular weight is 433 g/mol. The molecule has 31 heavy (non-hydrogen) atoms. The highest BCUT2D eigenvalue weighted by molar-refractivity contribution is 5.96. The maximum atomic E-state index is 12.6. The van der Waals surface area contributed by atoms with E-state index in [0.717, 1.165) is 24.2 Å². The molecule has 0 bridgehead atoms. The van der Waals surface area contributed by atoms with E-state index in [2.05, 4.69) is 34.4 Å². The fourth-order valence-corrected chi connectivity index (χ4v) is 4.72. The fourth-order valence-electron chi connectivity index (χ4n) is 4.72. The summed E-state index contributed by atoms with van der Waals surface area (Å²) in [4.78, 5) is 29.5. The van der Waals surface area contributed by atoms with Gasteiger partial charge in [-0.05, 0) is 72.7 Å². The van der Waals surface area contributed by atoms with Gasteiger partial charge in [-0.15, -0.1) is 0 Å². The zero-order valence-electron chi connectivity index (χ0n) is 20.2. The number of benzene rings is 1. The number of nitrogens with one attached hydrogen (secondary N) is 2. The number of rotatable bonds is 2. The lowest BCUT2D eigenvalue weighted by atomic mass is 9.81. The van der Waals surface area contributed by atoms with Crippen LogP contribution in [0, 0.1) is 0 Å². The molecule has 1 fully saturated rings. The molecule has 2 aliphatic rings. The van der Waals surface area contributed by atoms with Gasteiger partial charge in [-0.1, -0.05) is 6.92 Å². The Morgan fingerprint density at radius 1 is 1.00 bits per heavy atom. The Bertz CT molecular complexity index is 887. The number of nitrogens with zero attached hydrogens (tertiary/aromatic N) is 2. The van der Waals surface area contributed by atoms with E-state index >= 15 is 0 Å². The lowest BCUT2D eigenvalue weighted by Gasteiger charge is -2.32. The minimum absolute atomic E-state index is 0.130. The summed E-state index contributed by atoms with van der Waals surface area (Å²) in [7, 11) is 4.15. The van der Waals surface area contributed by atoms with Crippen molar-refractivity contribution < 1.29 is 19.1 Å². The molecule has 2 N–H and O–H groups in total. The molecule has 8 nitrogen and oxygen atoms in total. The van der Waals surface area contributed by atoms with Gasteiger partial charge in [0.05, 0.1) is 17.5 Å². The van der Waals surface area contributed by atoms with Crippen LogP contribution in [0.4, 0.5) is 26.7 Å². The molecule has 8 heteroatoms. The fraction of sp³-hybridized carbons (Fsp3) is 0.652. The van der Waals surface area contributed by atoms with Gasteiger partial charge in [-0.25, -0.2) is 9.59 Å². The molecular formula is C23H36N4O4. The second-order valence-corrected chi connectivity index (χ2v) is 10.8. The molecule has 172 valence electrons. The van der Waals surface area contributed by atoms with Gasteiger partial charge < -0.3 is 14.4 Å². The maximum absolute atomic E-state index is 12.6. The molecule has 2 aliphatic heterocycles. The molecule has 1 aromatic carbocycles. The molecule has 2 heterocycles. The number of fused-ring (bicyclic) bond motifs is 3. The predicted octanol–water partition coefficient (Wildman–Crippen LogP) is 4.75. The number of likely N-dealkylation sites (N-methyl/N-ethyl adjacent to an activating group) is 2. The second kappa shape index (κ2) is 7.58. The lowest BCUT2D eigenvalue weighted by Crippen LogP contribution is -2.45. The summed E-state index contributed by atoms with van der Waals surface area (Å²) in [5.74, 6) is 0. The van der Waals surface area contributed by atoms with Gasteiger partial charge in [0.15, 0.2) is 0 Å². The first kappa shape index (κ1) is 23.2. The van der Waals surface area contributed by atoms with Gasteiger partial charge in [-0.2, -0.15) is 0 Å². The minimum Gasteiger partial charge on any atom is -0.444 e. The monoisotopic (exact) mass is 432 g/mol. The standard InChI is InChI=1S/C23H36N4O4/c1-21(2,3)30-19(28)24-14-12-15-17(16(13-14)25-20(29)31-22(4,5)6)27(9)18-23(15,7)10-11-26(18)8/h12-13,18H,10-11H2,1-9H3,(H,24,28)(H,25,29). The largest absolute Gasteiger partial charge is 0.444 e. The smallest absolute Gasteiger partial charge is 0.412 e. The van der Waals surface area contributed by atoms with Crippen molar-refractivity contribution >= 4 is 29.2 Å². The molecular weight excluding hydrogens is 396 g/mol. The van der Waals surface area contributed by atoms with Crippen LogP contribution in [-0.2, 0) is 14.9 Å². The molecule has 2 unspecified atom stereocenters. The maximum Gasteiger partial charge on any atom is 0.412 e. The van der Waals surface area contributed by atoms with Gasteiger partial charge in [-0.3, -0.25) is 15.5 Å². The van der Waals surface area contributed by atoms with Gasteiger partial charge in [0, 0.05) is 24.7 Å². The number of hydrogen-bond acceptors (Lipinski definition) is 6. The van der Waals surface area contributed by atoms with E-state index < -0.39 is 23.4 Å². The van der Waals surface area contributed by atoms with Gasteiger partial charge in [0.2, 0.25) is 0 Å². The molecule has 0 radical (unpaired) electrons. The molecule has 0 spiro atoms. The van der Waals surface area contributed by atoms with Crippen molar-refractivity contribution in [3.8, 4) is 0 Å². The summed E-state index contributed by atoms with van der Waals surface area (Å²) >= 11 is 0. The first-order chi connectivity index (χ1) is 14.1. The molecule has 1 aromatic rings. The highest BCUT2D eigenvalue weighted by Gasteiger charge is 2.53. The molecule has 2 atom stereocenters. The van der Waals surface area contributed by atoms with Crippen LogP contribution in [0.5, 0.6) is 0 Å². The Balaban J connectivity index is 2.01. The Morgan fingerprint density at radius 3 is 2.10 bits per heavy atom. The number of likely N-dealkylation sites (tertiary alicyclic amines) is 1. The van der Waals surface area contributed by atoms with Crippen molar-refractivity contribution in [2.24, 2.45) is 0 Å². The van der Waals surface area contributed by atoms with Crippen molar-refractivity contribution in [3.63, 3.8) is 0 Å². The van der Waals surface area contributed by atoms with Crippen LogP contribution in [0.2, 0.25) is 0 Å². The average Bonchev–Trinajstić information content (AvgIpc) is 2.97. The van der Waals surface area contributed by atoms with Gasteiger partial charge >= 0.3 is 12.2 Å². The molecule has 2 amide bonds. The predicted molar refractivity (Wildman–Crippen MR) is 123 cm³/mol. The summed E-state index contributed by atoms with van der Waals surface area (Å²) in [6.45, 7) is 14.1. The van der Waals surface area contributed by atoms with Crippen molar-refractivity contribution in [2.45, 2.75) is 77.7 Å². The first-order valence-corrected chi connectivity index (χ1v) is 10.7. The number of amides is 2. The van der Waals surface area contributed by atoms with Crippen LogP contribution in [-0.4, -0.2) is 55.1 Å². The summed E-state index contributed by atoms with van der Waals surface area (Å²) in [5.41, 5.74) is 1.85. The van der Waals surface area contributed by atoms with Crippen LogP contribution in [0.1, 0.15) is 60.5 Å². The summed E-state index contributed by atoms with van der Waals surface area (Å²) < 4.78 is 10.9. The Hall–Kier alpha value is -2.48. The number of hydrogen-bond donors (Lipinski definition) is 2. The highest BCUT2D eigenvalue weighted by Crippen LogP contribution is 2.54. The van der Waals surface area contributed by atoms with Crippen LogP contribution >= 0.6 is 0 Å². The Kier molecular flexibility index (Phi) is 5.67. The third-order valence-corrected chi connectivity index (χ3v) is 5.70. The van der Waals surface area contributed by atoms with Crippen molar-refractivity contribution in [3.05, 3.63) is 17.7 Å². The van der Waals surface area contributed by atoms with Crippen molar-refractivity contribution in [1.29, 1.82) is 0 Å². The number of carbonyl (C=O) groups is 2. The second-order valence-electron chi connectivity index (χ2n) is 10.8. The van der Waals surface area contributed by atoms with E-state index in [9.17, 15) is 9.59 Å². The Morgan fingerprint density at radius 2 is 1.55 bits per heavy atom. The third-order valence-electron chi connectivity index (χ3n) is 5.70. The van der Waals surface area contributed by atoms with Crippen LogP contribution in [0.3, 0.4) is 0 Å². The summed E-state index contributed by atoms with van der Waals surface area (Å²) in [6, 6.07) is 3.75. The van der Waals surface area contributed by atoms with E-state index in [1.807, 2.05) is 54.7 Å². The van der Waals surface area contributed by atoms with Crippen LogP contribution in [0.15, 0.2) is 12.1 Å². The summed E-state index contributed by atoms with van der Waals surface area (Å²) in [5, 5.41) is 5.73. The molecule has 3 rings (SSSR count). The summed E-state index contributed by atoms with van der Waals surface area (Å²) in [6.07, 6.45) is 0.0756. The van der Waals surface area contributed by atoms with E-state index in [1.54, 1.807) is 6.07 Å². The minimum atomic E-state index is -0.617. The van der Waals surface area contributed by atoms with Crippen molar-refractivity contribution in [1.82, 2.24) is 4.90 Å². The van der Waals surface area contributed by atoms with E-state index in [1.165, 1.54) is 0 Å². The highest BCUT2D eigenvalue weighted by atomic mass is 16.6. The molecule has 1 saturated heterocycles. The molecule has 0 aromatic heterocycles. The molecule has 0 aliphatic carbocycles. The first-order valence-electron chi connectivity index (χ1n) is 10.7. The van der Waals surface area contributed by atoms with Crippen LogP contribution in [0.25, 0.3) is 0 Å². The Labute approximate surface area is 185 Å². The molecule has 0 saturated carbocycles. The van der Waals surface area contributed by atoms with E-state index in [4.69, 9.17) is 9.47 Å². The normalized spacial score (nSPS) is 23.3. The number of anilines is 3.